The highest BCUT2D eigenvalue weighted by Gasteiger charge is 2.55. The van der Waals surface area contributed by atoms with Crippen LogP contribution in [-0.4, -0.2) is 69.3 Å². The number of carbonyl (C=O) groups is 1. The summed E-state index contributed by atoms with van der Waals surface area (Å²) in [5.41, 5.74) is 0.827. The summed E-state index contributed by atoms with van der Waals surface area (Å²) in [5.74, 6) is 1.51. The van der Waals surface area contributed by atoms with Gasteiger partial charge in [-0.1, -0.05) is 20.8 Å². The van der Waals surface area contributed by atoms with E-state index >= 15 is 0 Å². The number of rotatable bonds is 3. The number of aromatic nitrogens is 2. The monoisotopic (exact) mass is 424 g/mol. The first kappa shape index (κ1) is 20.7. The second kappa shape index (κ2) is 7.27. The van der Waals surface area contributed by atoms with Crippen LogP contribution >= 0.6 is 0 Å². The van der Waals surface area contributed by atoms with E-state index in [1.807, 2.05) is 27.0 Å². The number of piperidine rings is 1. The molecule has 9 heteroatoms. The van der Waals surface area contributed by atoms with Crippen LogP contribution in [0.2, 0.25) is 0 Å². The molecule has 0 saturated carbocycles. The van der Waals surface area contributed by atoms with Crippen molar-refractivity contribution >= 4 is 16.1 Å². The first-order valence-electron chi connectivity index (χ1n) is 10.6. The van der Waals surface area contributed by atoms with Crippen molar-refractivity contribution in [1.29, 1.82) is 0 Å². The summed E-state index contributed by atoms with van der Waals surface area (Å²) < 4.78 is 30.6. The van der Waals surface area contributed by atoms with E-state index in [0.29, 0.717) is 19.0 Å². The quantitative estimate of drug-likeness (QED) is 0.804. The van der Waals surface area contributed by atoms with Gasteiger partial charge in [-0.25, -0.2) is 22.5 Å². The molecule has 2 fully saturated rings. The van der Waals surface area contributed by atoms with Crippen molar-refractivity contribution < 1.29 is 18.3 Å². The highest BCUT2D eigenvalue weighted by atomic mass is 32.2. The maximum atomic E-state index is 13.3. The molecule has 0 spiro atoms. The van der Waals surface area contributed by atoms with Gasteiger partial charge in [0.1, 0.15) is 11.1 Å². The van der Waals surface area contributed by atoms with Gasteiger partial charge >= 0.3 is 6.09 Å². The predicted octanol–water partition coefficient (Wildman–Crippen LogP) is 2.51. The third kappa shape index (κ3) is 3.56. The molecule has 4 heterocycles. The van der Waals surface area contributed by atoms with Gasteiger partial charge in [-0.05, 0) is 31.1 Å². The maximum Gasteiger partial charge on any atom is 0.407 e. The van der Waals surface area contributed by atoms with Gasteiger partial charge in [-0.3, -0.25) is 0 Å². The van der Waals surface area contributed by atoms with Crippen molar-refractivity contribution in [2.75, 3.05) is 19.6 Å². The smallest absolute Gasteiger partial charge is 0.407 e. The van der Waals surface area contributed by atoms with Gasteiger partial charge in [0.05, 0.1) is 6.04 Å². The van der Waals surface area contributed by atoms with Crippen LogP contribution in [0.1, 0.15) is 63.9 Å². The molecule has 1 N–H and O–H groups in total. The van der Waals surface area contributed by atoms with Gasteiger partial charge in [-0.15, -0.1) is 0 Å². The van der Waals surface area contributed by atoms with Crippen molar-refractivity contribution in [2.24, 2.45) is 5.41 Å². The standard InChI is InChI=1S/C20H32N4O4S/c1-20(2,3)18-16(13-24(18)19(25)26)29(27,28)22-10-7-14(8-11-22)15-12-21-17-6-4-5-9-23(15)17/h12,14,16,18H,4-11,13H2,1-3H3,(H,25,26). The van der Waals surface area contributed by atoms with Crippen molar-refractivity contribution in [3.8, 4) is 0 Å². The van der Waals surface area contributed by atoms with Crippen LogP contribution in [0.5, 0.6) is 0 Å². The Morgan fingerprint density at radius 2 is 1.86 bits per heavy atom. The second-order valence-electron chi connectivity index (χ2n) is 9.71. The van der Waals surface area contributed by atoms with Gasteiger partial charge in [0.15, 0.2) is 0 Å². The van der Waals surface area contributed by atoms with Gasteiger partial charge in [0.25, 0.3) is 0 Å². The van der Waals surface area contributed by atoms with Crippen LogP contribution in [0.25, 0.3) is 0 Å². The van der Waals surface area contributed by atoms with Crippen molar-refractivity contribution in [2.45, 2.75) is 76.6 Å². The van der Waals surface area contributed by atoms with Crippen LogP contribution in [0.4, 0.5) is 4.79 Å². The Bertz CT molecular complexity index is 881. The summed E-state index contributed by atoms with van der Waals surface area (Å²) >= 11 is 0. The number of imidazole rings is 1. The fourth-order valence-corrected chi connectivity index (χ4v) is 7.65. The summed E-state index contributed by atoms with van der Waals surface area (Å²) in [5, 5.41) is 8.75. The van der Waals surface area contributed by atoms with E-state index in [-0.39, 0.29) is 6.54 Å². The molecule has 0 aromatic carbocycles. The molecule has 0 radical (unpaired) electrons. The molecule has 2 unspecified atom stereocenters. The molecule has 1 aromatic heterocycles. The SMILES string of the molecule is CC(C)(C)C1C(S(=O)(=O)N2CCC(c3cnc4n3CCCC4)CC2)CN1C(=O)O. The van der Waals surface area contributed by atoms with Crippen molar-refractivity contribution in [1.82, 2.24) is 18.8 Å². The number of hydrogen-bond donors (Lipinski definition) is 1. The largest absolute Gasteiger partial charge is 0.465 e. The molecule has 29 heavy (non-hydrogen) atoms. The average molecular weight is 425 g/mol. The molecule has 2 atom stereocenters. The first-order valence-corrected chi connectivity index (χ1v) is 12.1. The number of nitrogens with zero attached hydrogens (tertiary/aromatic N) is 4. The summed E-state index contributed by atoms with van der Waals surface area (Å²) in [6, 6.07) is -0.510. The van der Waals surface area contributed by atoms with Gasteiger partial charge < -0.3 is 14.6 Å². The summed E-state index contributed by atoms with van der Waals surface area (Å²) in [7, 11) is -3.53. The summed E-state index contributed by atoms with van der Waals surface area (Å²) in [6.45, 7) is 7.79. The average Bonchev–Trinajstić information content (AvgIpc) is 3.03. The highest BCUT2D eigenvalue weighted by Crippen LogP contribution is 2.40. The van der Waals surface area contributed by atoms with Crippen LogP contribution in [0, 0.1) is 5.41 Å². The van der Waals surface area contributed by atoms with E-state index < -0.39 is 32.8 Å². The fraction of sp³-hybridized carbons (Fsp3) is 0.800. The zero-order chi connectivity index (χ0) is 21.0. The number of aryl methyl sites for hydroxylation is 1. The highest BCUT2D eigenvalue weighted by molar-refractivity contribution is 7.89. The van der Waals surface area contributed by atoms with Crippen molar-refractivity contribution in [3.05, 3.63) is 17.7 Å². The zero-order valence-electron chi connectivity index (χ0n) is 17.5. The molecule has 8 nitrogen and oxygen atoms in total. The molecule has 3 aliphatic heterocycles. The van der Waals surface area contributed by atoms with Gasteiger partial charge in [0.2, 0.25) is 10.0 Å². The minimum Gasteiger partial charge on any atom is -0.465 e. The van der Waals surface area contributed by atoms with Crippen LogP contribution < -0.4 is 0 Å². The Morgan fingerprint density at radius 3 is 2.48 bits per heavy atom. The molecule has 162 valence electrons. The van der Waals surface area contributed by atoms with E-state index in [2.05, 4.69) is 9.55 Å². The molecule has 1 amide bonds. The van der Waals surface area contributed by atoms with Crippen molar-refractivity contribution in [3.63, 3.8) is 0 Å². The zero-order valence-corrected chi connectivity index (χ0v) is 18.4. The van der Waals surface area contributed by atoms with E-state index in [9.17, 15) is 18.3 Å². The second-order valence-corrected chi connectivity index (χ2v) is 11.9. The molecule has 1 aromatic rings. The van der Waals surface area contributed by atoms with E-state index in [1.165, 1.54) is 23.4 Å². The number of sulfonamides is 1. The number of carboxylic acid groups (broad SMARTS) is 1. The minimum absolute atomic E-state index is 0.0651. The summed E-state index contributed by atoms with van der Waals surface area (Å²) in [6.07, 6.45) is 5.93. The molecular weight excluding hydrogens is 392 g/mol. The lowest BCUT2D eigenvalue weighted by Crippen LogP contribution is -2.70. The maximum absolute atomic E-state index is 13.3. The number of fused-ring (bicyclic) bond motifs is 1. The minimum atomic E-state index is -3.53. The lowest BCUT2D eigenvalue weighted by Gasteiger charge is -2.53. The van der Waals surface area contributed by atoms with Gasteiger partial charge in [-0.2, -0.15) is 0 Å². The molecule has 4 rings (SSSR count). The Balaban J connectivity index is 1.45. The molecular formula is C20H32N4O4S. The Hall–Kier alpha value is -1.61. The van der Waals surface area contributed by atoms with Crippen LogP contribution in [-0.2, 0) is 23.0 Å². The summed E-state index contributed by atoms with van der Waals surface area (Å²) in [4.78, 5) is 17.3. The first-order chi connectivity index (χ1) is 13.6. The molecule has 0 bridgehead atoms. The van der Waals surface area contributed by atoms with Crippen LogP contribution in [0.3, 0.4) is 0 Å². The third-order valence-electron chi connectivity index (χ3n) is 6.81. The molecule has 2 saturated heterocycles. The molecule has 0 aliphatic carbocycles. The Labute approximate surface area is 172 Å². The van der Waals surface area contributed by atoms with Gasteiger partial charge in [0, 0.05) is 50.4 Å². The lowest BCUT2D eigenvalue weighted by molar-refractivity contribution is 0.0218. The molecule has 3 aliphatic rings. The third-order valence-corrected chi connectivity index (χ3v) is 9.07. The predicted molar refractivity (Wildman–Crippen MR) is 109 cm³/mol. The number of amides is 1. The topological polar surface area (TPSA) is 95.7 Å². The Kier molecular flexibility index (Phi) is 5.17. The fourth-order valence-electron chi connectivity index (χ4n) is 5.31. The Morgan fingerprint density at radius 1 is 1.17 bits per heavy atom. The van der Waals surface area contributed by atoms with E-state index in [1.54, 1.807) is 4.31 Å². The van der Waals surface area contributed by atoms with E-state index in [4.69, 9.17) is 0 Å². The normalized spacial score (nSPS) is 26.8. The lowest BCUT2D eigenvalue weighted by atomic mass is 9.79. The van der Waals surface area contributed by atoms with Crippen LogP contribution in [0.15, 0.2) is 6.20 Å². The van der Waals surface area contributed by atoms with E-state index in [0.717, 1.165) is 31.6 Å². The number of likely N-dealkylation sites (tertiary alicyclic amines) is 1. The number of hydrogen-bond acceptors (Lipinski definition) is 4.